The highest BCUT2D eigenvalue weighted by atomic mass is 15.3. The van der Waals surface area contributed by atoms with Gasteiger partial charge in [0.2, 0.25) is 0 Å². The molecule has 0 unspecified atom stereocenters. The second kappa shape index (κ2) is 6.54. The molecule has 2 heterocycles. The Labute approximate surface area is 114 Å². The van der Waals surface area contributed by atoms with E-state index in [1.54, 1.807) is 0 Å². The lowest BCUT2D eigenvalue weighted by Gasteiger charge is -2.08. The third kappa shape index (κ3) is 3.94. The molecule has 1 aliphatic rings. The van der Waals surface area contributed by atoms with Gasteiger partial charge in [-0.05, 0) is 18.8 Å². The lowest BCUT2D eigenvalue weighted by atomic mass is 10.2. The van der Waals surface area contributed by atoms with Gasteiger partial charge < -0.3 is 15.6 Å². The summed E-state index contributed by atoms with van der Waals surface area (Å²) in [6.45, 7) is 6.63. The van der Waals surface area contributed by atoms with E-state index in [2.05, 4.69) is 38.9 Å². The molecular formula is C13H24N6. The van der Waals surface area contributed by atoms with Crippen LogP contribution in [0, 0.1) is 5.92 Å². The SMILES string of the molecule is CC(C)CNC(N)=NCc1nnc2n1CCCCC2. The predicted molar refractivity (Wildman–Crippen MR) is 75.7 cm³/mol. The van der Waals surface area contributed by atoms with Gasteiger partial charge in [0.1, 0.15) is 12.4 Å². The van der Waals surface area contributed by atoms with Gasteiger partial charge in [-0.1, -0.05) is 20.3 Å². The number of nitrogens with two attached hydrogens (primary N) is 1. The van der Waals surface area contributed by atoms with Gasteiger partial charge >= 0.3 is 0 Å². The fourth-order valence-electron chi connectivity index (χ4n) is 2.18. The highest BCUT2D eigenvalue weighted by Gasteiger charge is 2.13. The zero-order valence-corrected chi connectivity index (χ0v) is 11.9. The van der Waals surface area contributed by atoms with E-state index in [1.165, 1.54) is 19.3 Å². The van der Waals surface area contributed by atoms with Crippen LogP contribution in [-0.2, 0) is 19.5 Å². The molecule has 2 rings (SSSR count). The van der Waals surface area contributed by atoms with E-state index in [4.69, 9.17) is 5.73 Å². The molecule has 1 aromatic heterocycles. The van der Waals surface area contributed by atoms with Gasteiger partial charge in [-0.3, -0.25) is 0 Å². The fourth-order valence-corrected chi connectivity index (χ4v) is 2.18. The Morgan fingerprint density at radius 2 is 2.21 bits per heavy atom. The van der Waals surface area contributed by atoms with Crippen LogP contribution in [0.3, 0.4) is 0 Å². The summed E-state index contributed by atoms with van der Waals surface area (Å²) < 4.78 is 2.20. The maximum absolute atomic E-state index is 5.83. The second-order valence-corrected chi connectivity index (χ2v) is 5.47. The molecule has 0 aliphatic carbocycles. The molecule has 6 heteroatoms. The van der Waals surface area contributed by atoms with E-state index >= 15 is 0 Å². The van der Waals surface area contributed by atoms with Crippen molar-refractivity contribution in [2.45, 2.75) is 52.6 Å². The third-order valence-electron chi connectivity index (χ3n) is 3.27. The van der Waals surface area contributed by atoms with Crippen LogP contribution in [0.5, 0.6) is 0 Å². The number of hydrogen-bond donors (Lipinski definition) is 2. The molecule has 106 valence electrons. The molecule has 0 amide bonds. The van der Waals surface area contributed by atoms with Crippen molar-refractivity contribution in [1.82, 2.24) is 20.1 Å². The Bertz CT molecular complexity index is 434. The number of hydrogen-bond acceptors (Lipinski definition) is 3. The van der Waals surface area contributed by atoms with Crippen LogP contribution in [0.1, 0.15) is 44.8 Å². The fraction of sp³-hybridized carbons (Fsp3) is 0.769. The van der Waals surface area contributed by atoms with E-state index in [-0.39, 0.29) is 0 Å². The quantitative estimate of drug-likeness (QED) is 0.629. The number of guanidine groups is 1. The largest absolute Gasteiger partial charge is 0.370 e. The molecule has 1 aromatic rings. The van der Waals surface area contributed by atoms with Crippen LogP contribution < -0.4 is 11.1 Å². The average Bonchev–Trinajstić information content (AvgIpc) is 2.61. The second-order valence-electron chi connectivity index (χ2n) is 5.47. The van der Waals surface area contributed by atoms with E-state index in [9.17, 15) is 0 Å². The minimum Gasteiger partial charge on any atom is -0.370 e. The van der Waals surface area contributed by atoms with Crippen LogP contribution in [0.25, 0.3) is 0 Å². The first kappa shape index (κ1) is 13.8. The molecule has 0 saturated heterocycles. The van der Waals surface area contributed by atoms with Crippen LogP contribution in [0.2, 0.25) is 0 Å². The van der Waals surface area contributed by atoms with Gasteiger partial charge in [0.25, 0.3) is 0 Å². The smallest absolute Gasteiger partial charge is 0.189 e. The number of nitrogens with zero attached hydrogens (tertiary/aromatic N) is 4. The maximum Gasteiger partial charge on any atom is 0.189 e. The molecule has 6 nitrogen and oxygen atoms in total. The molecular weight excluding hydrogens is 240 g/mol. The minimum absolute atomic E-state index is 0.486. The minimum atomic E-state index is 0.486. The first-order valence-corrected chi connectivity index (χ1v) is 7.11. The Morgan fingerprint density at radius 3 is 3.00 bits per heavy atom. The molecule has 0 atom stereocenters. The normalized spacial score (nSPS) is 16.3. The van der Waals surface area contributed by atoms with Gasteiger partial charge in [-0.25, -0.2) is 4.99 Å². The van der Waals surface area contributed by atoms with Crippen molar-refractivity contribution in [2.24, 2.45) is 16.6 Å². The third-order valence-corrected chi connectivity index (χ3v) is 3.27. The Hall–Kier alpha value is -1.59. The van der Waals surface area contributed by atoms with Crippen molar-refractivity contribution in [3.05, 3.63) is 11.6 Å². The van der Waals surface area contributed by atoms with E-state index in [0.29, 0.717) is 18.4 Å². The predicted octanol–water partition coefficient (Wildman–Crippen LogP) is 1.06. The topological polar surface area (TPSA) is 81.1 Å². The Balaban J connectivity index is 1.96. The standard InChI is InChI=1S/C13H24N6/c1-10(2)8-15-13(14)16-9-12-18-17-11-6-4-3-5-7-19(11)12/h10H,3-9H2,1-2H3,(H3,14,15,16). The van der Waals surface area contributed by atoms with Gasteiger partial charge in [0.05, 0.1) is 0 Å². The lowest BCUT2D eigenvalue weighted by molar-refractivity contribution is 0.603. The van der Waals surface area contributed by atoms with Crippen LogP contribution in [-0.4, -0.2) is 27.3 Å². The summed E-state index contributed by atoms with van der Waals surface area (Å²) in [6, 6.07) is 0. The van der Waals surface area contributed by atoms with Crippen molar-refractivity contribution < 1.29 is 0 Å². The molecule has 19 heavy (non-hydrogen) atoms. The molecule has 3 N–H and O–H groups in total. The van der Waals surface area contributed by atoms with E-state index < -0.39 is 0 Å². The molecule has 0 fully saturated rings. The number of aliphatic imine (C=N–C) groups is 1. The molecule has 0 spiro atoms. The van der Waals surface area contributed by atoms with Crippen LogP contribution in [0.15, 0.2) is 4.99 Å². The number of rotatable bonds is 4. The summed E-state index contributed by atoms with van der Waals surface area (Å²) >= 11 is 0. The highest BCUT2D eigenvalue weighted by molar-refractivity contribution is 5.77. The number of aromatic nitrogens is 3. The van der Waals surface area contributed by atoms with Crippen molar-refractivity contribution in [1.29, 1.82) is 0 Å². The van der Waals surface area contributed by atoms with Crippen molar-refractivity contribution in [3.8, 4) is 0 Å². The Kier molecular flexibility index (Phi) is 4.76. The van der Waals surface area contributed by atoms with Crippen molar-refractivity contribution in [2.75, 3.05) is 6.54 Å². The van der Waals surface area contributed by atoms with Gasteiger partial charge in [0, 0.05) is 19.5 Å². The number of aryl methyl sites for hydroxylation is 1. The zero-order valence-electron chi connectivity index (χ0n) is 11.9. The average molecular weight is 264 g/mol. The highest BCUT2D eigenvalue weighted by Crippen LogP contribution is 2.14. The van der Waals surface area contributed by atoms with E-state index in [1.807, 2.05) is 0 Å². The van der Waals surface area contributed by atoms with Crippen molar-refractivity contribution in [3.63, 3.8) is 0 Å². The first-order chi connectivity index (χ1) is 9.16. The summed E-state index contributed by atoms with van der Waals surface area (Å²) in [4.78, 5) is 4.34. The van der Waals surface area contributed by atoms with Crippen molar-refractivity contribution >= 4 is 5.96 Å². The summed E-state index contributed by atoms with van der Waals surface area (Å²) in [6.07, 6.45) is 4.70. The zero-order chi connectivity index (χ0) is 13.7. The molecule has 0 aromatic carbocycles. The molecule has 0 bridgehead atoms. The van der Waals surface area contributed by atoms with Gasteiger partial charge in [-0.15, -0.1) is 10.2 Å². The lowest BCUT2D eigenvalue weighted by Crippen LogP contribution is -2.34. The van der Waals surface area contributed by atoms with E-state index in [0.717, 1.165) is 31.2 Å². The van der Waals surface area contributed by atoms with Crippen LogP contribution >= 0.6 is 0 Å². The van der Waals surface area contributed by atoms with Gasteiger partial charge in [-0.2, -0.15) is 0 Å². The number of fused-ring (bicyclic) bond motifs is 1. The van der Waals surface area contributed by atoms with Crippen LogP contribution in [0.4, 0.5) is 0 Å². The maximum atomic E-state index is 5.83. The summed E-state index contributed by atoms with van der Waals surface area (Å²) in [7, 11) is 0. The summed E-state index contributed by atoms with van der Waals surface area (Å²) in [5, 5.41) is 11.6. The summed E-state index contributed by atoms with van der Waals surface area (Å²) in [5.41, 5.74) is 5.83. The monoisotopic (exact) mass is 264 g/mol. The van der Waals surface area contributed by atoms with Gasteiger partial charge in [0.15, 0.2) is 11.8 Å². The summed E-state index contributed by atoms with van der Waals surface area (Å²) in [5.74, 6) is 3.06. The molecule has 1 aliphatic heterocycles. The number of nitrogens with one attached hydrogen (secondary N) is 1. The molecule has 0 saturated carbocycles. The Morgan fingerprint density at radius 1 is 1.37 bits per heavy atom. The first-order valence-electron chi connectivity index (χ1n) is 7.11. The molecule has 0 radical (unpaired) electrons.